The van der Waals surface area contributed by atoms with E-state index in [1.54, 1.807) is 46.8 Å². The molecule has 1 aliphatic rings. The van der Waals surface area contributed by atoms with Gasteiger partial charge in [0.1, 0.15) is 18.1 Å². The SMILES string of the molecule is CC[C@@H](Oc1ccc(Cl)c(C)c1)C(=O)NCCOc1ccc(S(=O)(=O)N2CCCCC2)cc1. The minimum Gasteiger partial charge on any atom is -0.492 e. The maximum atomic E-state index is 12.7. The molecule has 0 radical (unpaired) electrons. The van der Waals surface area contributed by atoms with Crippen LogP contribution in [0.25, 0.3) is 0 Å². The van der Waals surface area contributed by atoms with E-state index in [2.05, 4.69) is 5.32 Å². The molecule has 0 aliphatic carbocycles. The topological polar surface area (TPSA) is 84.9 Å². The molecule has 2 aromatic rings. The molecule has 0 saturated carbocycles. The molecule has 0 unspecified atom stereocenters. The first-order chi connectivity index (χ1) is 15.8. The number of ether oxygens (including phenoxy) is 2. The van der Waals surface area contributed by atoms with Gasteiger partial charge in [-0.05, 0) is 74.2 Å². The average Bonchev–Trinajstić information content (AvgIpc) is 2.83. The van der Waals surface area contributed by atoms with Crippen molar-refractivity contribution in [3.8, 4) is 11.5 Å². The second kappa shape index (κ2) is 11.7. The van der Waals surface area contributed by atoms with E-state index >= 15 is 0 Å². The van der Waals surface area contributed by atoms with Gasteiger partial charge in [0.05, 0.1) is 11.4 Å². The summed E-state index contributed by atoms with van der Waals surface area (Å²) in [7, 11) is -3.46. The summed E-state index contributed by atoms with van der Waals surface area (Å²) >= 11 is 6.03. The highest BCUT2D eigenvalue weighted by molar-refractivity contribution is 7.89. The van der Waals surface area contributed by atoms with E-state index in [4.69, 9.17) is 21.1 Å². The maximum Gasteiger partial charge on any atom is 0.261 e. The lowest BCUT2D eigenvalue weighted by Crippen LogP contribution is -2.39. The predicted molar refractivity (Wildman–Crippen MR) is 128 cm³/mol. The Morgan fingerprint density at radius 2 is 1.76 bits per heavy atom. The molecule has 1 atom stereocenters. The van der Waals surface area contributed by atoms with Crippen LogP contribution in [0, 0.1) is 6.92 Å². The fourth-order valence-electron chi connectivity index (χ4n) is 3.60. The number of halogens is 1. The molecule has 1 N–H and O–H groups in total. The van der Waals surface area contributed by atoms with E-state index < -0.39 is 16.1 Å². The van der Waals surface area contributed by atoms with Crippen LogP contribution in [0.5, 0.6) is 11.5 Å². The average molecular weight is 495 g/mol. The predicted octanol–water partition coefficient (Wildman–Crippen LogP) is 4.18. The molecule has 1 saturated heterocycles. The molecule has 0 aromatic heterocycles. The highest BCUT2D eigenvalue weighted by atomic mass is 35.5. The van der Waals surface area contributed by atoms with Gasteiger partial charge in [0.25, 0.3) is 5.91 Å². The van der Waals surface area contributed by atoms with Crippen molar-refractivity contribution in [3.05, 3.63) is 53.1 Å². The lowest BCUT2D eigenvalue weighted by atomic mass is 10.2. The molecule has 9 heteroatoms. The fraction of sp³-hybridized carbons (Fsp3) is 0.458. The largest absolute Gasteiger partial charge is 0.492 e. The second-order valence-corrected chi connectivity index (χ2v) is 10.3. The summed E-state index contributed by atoms with van der Waals surface area (Å²) in [5.41, 5.74) is 0.882. The van der Waals surface area contributed by atoms with Crippen molar-refractivity contribution in [3.63, 3.8) is 0 Å². The number of benzene rings is 2. The summed E-state index contributed by atoms with van der Waals surface area (Å²) in [4.78, 5) is 12.7. The highest BCUT2D eigenvalue weighted by Crippen LogP contribution is 2.23. The Bertz CT molecular complexity index is 1040. The van der Waals surface area contributed by atoms with Gasteiger partial charge in [-0.3, -0.25) is 4.79 Å². The van der Waals surface area contributed by atoms with E-state index in [9.17, 15) is 13.2 Å². The third-order valence-electron chi connectivity index (χ3n) is 5.52. The number of nitrogens with zero attached hydrogens (tertiary/aromatic N) is 1. The van der Waals surface area contributed by atoms with Gasteiger partial charge < -0.3 is 14.8 Å². The standard InChI is InChI=1S/C24H31ClN2O5S/c1-3-23(32-20-9-12-22(25)18(2)17-20)24(28)26-13-16-31-19-7-10-21(11-8-19)33(29,30)27-14-5-4-6-15-27/h7-12,17,23H,3-6,13-16H2,1-2H3,(H,26,28)/t23-/m1/s1. The molecule has 0 spiro atoms. The minimum atomic E-state index is -3.46. The molecule has 7 nitrogen and oxygen atoms in total. The van der Waals surface area contributed by atoms with Crippen molar-refractivity contribution >= 4 is 27.5 Å². The van der Waals surface area contributed by atoms with Crippen molar-refractivity contribution < 1.29 is 22.7 Å². The molecule has 1 heterocycles. The van der Waals surface area contributed by atoms with Crippen LogP contribution in [0.15, 0.2) is 47.4 Å². The summed E-state index contributed by atoms with van der Waals surface area (Å²) in [6, 6.07) is 11.7. The molecular weight excluding hydrogens is 464 g/mol. The molecular formula is C24H31ClN2O5S. The molecule has 3 rings (SSSR count). The van der Waals surface area contributed by atoms with E-state index in [0.29, 0.717) is 42.6 Å². The number of hydrogen-bond donors (Lipinski definition) is 1. The lowest BCUT2D eigenvalue weighted by Gasteiger charge is -2.25. The number of carbonyl (C=O) groups excluding carboxylic acids is 1. The first-order valence-electron chi connectivity index (χ1n) is 11.2. The Morgan fingerprint density at radius 3 is 2.39 bits per heavy atom. The number of piperidine rings is 1. The quantitative estimate of drug-likeness (QED) is 0.501. The van der Waals surface area contributed by atoms with Crippen LogP contribution in [0.3, 0.4) is 0 Å². The van der Waals surface area contributed by atoms with E-state index in [0.717, 1.165) is 24.8 Å². The Hall–Kier alpha value is -2.29. The van der Waals surface area contributed by atoms with Crippen molar-refractivity contribution in [1.29, 1.82) is 0 Å². The van der Waals surface area contributed by atoms with Crippen molar-refractivity contribution in [1.82, 2.24) is 9.62 Å². The van der Waals surface area contributed by atoms with Gasteiger partial charge in [0.2, 0.25) is 10.0 Å². The number of amides is 1. The van der Waals surface area contributed by atoms with Crippen molar-refractivity contribution in [2.45, 2.75) is 50.5 Å². The Kier molecular flexibility index (Phi) is 9.00. The smallest absolute Gasteiger partial charge is 0.261 e. The van der Waals surface area contributed by atoms with Crippen LogP contribution >= 0.6 is 11.6 Å². The number of carbonyl (C=O) groups is 1. The van der Waals surface area contributed by atoms with Crippen molar-refractivity contribution in [2.24, 2.45) is 0 Å². The summed E-state index contributed by atoms with van der Waals surface area (Å²) in [6.45, 7) is 5.44. The zero-order valence-corrected chi connectivity index (χ0v) is 20.6. The van der Waals surface area contributed by atoms with Gasteiger partial charge in [0.15, 0.2) is 6.10 Å². The molecule has 1 fully saturated rings. The zero-order valence-electron chi connectivity index (χ0n) is 19.1. The summed E-state index contributed by atoms with van der Waals surface area (Å²) in [6.07, 6.45) is 2.76. The van der Waals surface area contributed by atoms with Crippen LogP contribution in [0.1, 0.15) is 38.2 Å². The molecule has 1 aliphatic heterocycles. The number of hydrogen-bond acceptors (Lipinski definition) is 5. The van der Waals surface area contributed by atoms with Gasteiger partial charge in [-0.15, -0.1) is 0 Å². The van der Waals surface area contributed by atoms with E-state index in [-0.39, 0.29) is 17.4 Å². The number of sulfonamides is 1. The number of rotatable bonds is 10. The van der Waals surface area contributed by atoms with Crippen LogP contribution < -0.4 is 14.8 Å². The van der Waals surface area contributed by atoms with Gasteiger partial charge in [-0.2, -0.15) is 4.31 Å². The Morgan fingerprint density at radius 1 is 1.09 bits per heavy atom. The Balaban J connectivity index is 1.45. The van der Waals surface area contributed by atoms with Crippen molar-refractivity contribution in [2.75, 3.05) is 26.2 Å². The van der Waals surface area contributed by atoms with Gasteiger partial charge >= 0.3 is 0 Å². The first-order valence-corrected chi connectivity index (χ1v) is 13.1. The monoisotopic (exact) mass is 494 g/mol. The second-order valence-electron chi connectivity index (χ2n) is 8.00. The van der Waals surface area contributed by atoms with Crippen LogP contribution in [-0.2, 0) is 14.8 Å². The Labute approximate surface area is 201 Å². The fourth-order valence-corrected chi connectivity index (χ4v) is 5.23. The molecule has 180 valence electrons. The van der Waals surface area contributed by atoms with E-state index in [1.165, 1.54) is 0 Å². The summed E-state index contributed by atoms with van der Waals surface area (Å²) in [5.74, 6) is 0.910. The maximum absolute atomic E-state index is 12.7. The summed E-state index contributed by atoms with van der Waals surface area (Å²) < 4.78 is 38.4. The third-order valence-corrected chi connectivity index (χ3v) is 7.85. The van der Waals surface area contributed by atoms with Crippen LogP contribution in [-0.4, -0.2) is 51.0 Å². The van der Waals surface area contributed by atoms with E-state index in [1.807, 2.05) is 13.8 Å². The highest BCUT2D eigenvalue weighted by Gasteiger charge is 2.25. The van der Waals surface area contributed by atoms with Gasteiger partial charge in [-0.1, -0.05) is 24.9 Å². The molecule has 33 heavy (non-hydrogen) atoms. The van der Waals surface area contributed by atoms with Gasteiger partial charge in [0, 0.05) is 18.1 Å². The third kappa shape index (κ3) is 6.85. The van der Waals surface area contributed by atoms with Crippen LogP contribution in [0.4, 0.5) is 0 Å². The normalized spacial score (nSPS) is 15.6. The number of aryl methyl sites for hydroxylation is 1. The molecule has 0 bridgehead atoms. The minimum absolute atomic E-state index is 0.225. The molecule has 2 aromatic carbocycles. The summed E-state index contributed by atoms with van der Waals surface area (Å²) in [5, 5.41) is 3.46. The zero-order chi connectivity index (χ0) is 23.8. The lowest BCUT2D eigenvalue weighted by molar-refractivity contribution is -0.128. The molecule has 1 amide bonds. The van der Waals surface area contributed by atoms with Gasteiger partial charge in [-0.25, -0.2) is 8.42 Å². The number of nitrogens with one attached hydrogen (secondary N) is 1. The first kappa shape index (κ1) is 25.3. The van der Waals surface area contributed by atoms with Crippen LogP contribution in [0.2, 0.25) is 5.02 Å².